The number of carbonyl (C=O) groups excluding carboxylic acids is 1. The van der Waals surface area contributed by atoms with Crippen molar-refractivity contribution < 1.29 is 13.9 Å². The van der Waals surface area contributed by atoms with Gasteiger partial charge in [0.2, 0.25) is 0 Å². The van der Waals surface area contributed by atoms with Gasteiger partial charge in [0.15, 0.2) is 0 Å². The van der Waals surface area contributed by atoms with Gasteiger partial charge in [-0.2, -0.15) is 0 Å². The second-order valence-corrected chi connectivity index (χ2v) is 6.26. The van der Waals surface area contributed by atoms with E-state index in [1.54, 1.807) is 13.0 Å². The van der Waals surface area contributed by atoms with E-state index >= 15 is 0 Å². The molecular formula is C15H21ClFNO2. The van der Waals surface area contributed by atoms with Gasteiger partial charge in [0.1, 0.15) is 5.82 Å². The largest absolute Gasteiger partial charge is 0.469 e. The van der Waals surface area contributed by atoms with Gasteiger partial charge in [-0.15, -0.1) is 0 Å². The third kappa shape index (κ3) is 4.46. The Morgan fingerprint density at radius 1 is 1.50 bits per heavy atom. The van der Waals surface area contributed by atoms with Crippen LogP contribution in [0.15, 0.2) is 12.1 Å². The van der Waals surface area contributed by atoms with E-state index in [2.05, 4.69) is 4.74 Å². The molecule has 1 unspecified atom stereocenters. The van der Waals surface area contributed by atoms with Crippen LogP contribution in [-0.4, -0.2) is 13.1 Å². The highest BCUT2D eigenvalue weighted by Crippen LogP contribution is 2.35. The Hall–Kier alpha value is -1.13. The predicted octanol–water partition coefficient (Wildman–Crippen LogP) is 3.77. The lowest BCUT2D eigenvalue weighted by Crippen LogP contribution is -2.25. The molecule has 1 aromatic carbocycles. The van der Waals surface area contributed by atoms with Crippen LogP contribution in [0.4, 0.5) is 4.39 Å². The normalized spacial score (nSPS) is 13.2. The van der Waals surface area contributed by atoms with E-state index in [0.29, 0.717) is 22.6 Å². The summed E-state index contributed by atoms with van der Waals surface area (Å²) in [4.78, 5) is 11.4. The summed E-state index contributed by atoms with van der Waals surface area (Å²) in [5, 5.41) is 0.314. The number of carbonyl (C=O) groups is 1. The second kappa shape index (κ2) is 6.55. The molecule has 0 saturated heterocycles. The third-order valence-electron chi connectivity index (χ3n) is 3.30. The van der Waals surface area contributed by atoms with Gasteiger partial charge in [-0.3, -0.25) is 4.79 Å². The molecular weight excluding hydrogens is 281 g/mol. The van der Waals surface area contributed by atoms with E-state index in [4.69, 9.17) is 17.3 Å². The summed E-state index contributed by atoms with van der Waals surface area (Å²) in [6, 6.07) is 2.58. The van der Waals surface area contributed by atoms with Crippen LogP contribution in [0.2, 0.25) is 5.02 Å². The number of halogens is 2. The van der Waals surface area contributed by atoms with Gasteiger partial charge in [0, 0.05) is 11.1 Å². The maximum absolute atomic E-state index is 13.4. The first-order valence-corrected chi connectivity index (χ1v) is 6.82. The van der Waals surface area contributed by atoms with Crippen LogP contribution in [0.25, 0.3) is 0 Å². The second-order valence-electron chi connectivity index (χ2n) is 5.85. The number of hydrogen-bond acceptors (Lipinski definition) is 3. The molecule has 1 atom stereocenters. The number of rotatable bonds is 5. The Balaban J connectivity index is 2.88. The van der Waals surface area contributed by atoms with Crippen molar-refractivity contribution in [3.05, 3.63) is 34.1 Å². The Labute approximate surface area is 124 Å². The maximum atomic E-state index is 13.4. The van der Waals surface area contributed by atoms with Crippen LogP contribution >= 0.6 is 11.6 Å². The van der Waals surface area contributed by atoms with Crippen LogP contribution in [0, 0.1) is 18.2 Å². The molecule has 0 aliphatic carbocycles. The van der Waals surface area contributed by atoms with E-state index in [1.165, 1.54) is 13.2 Å². The quantitative estimate of drug-likeness (QED) is 0.842. The fourth-order valence-corrected chi connectivity index (χ4v) is 2.49. The summed E-state index contributed by atoms with van der Waals surface area (Å²) in [5.74, 6) is -0.622. The standard InChI is InChI=1S/C15H21ClFNO2/c1-9-5-10(11(16)6-12(9)17)13(18)7-15(2,3)8-14(19)20-4/h5-6,13H,7-8,18H2,1-4H3. The summed E-state index contributed by atoms with van der Waals surface area (Å²) in [7, 11) is 1.36. The zero-order valence-corrected chi connectivity index (χ0v) is 13.1. The Kier molecular flexibility index (Phi) is 5.54. The maximum Gasteiger partial charge on any atom is 0.306 e. The molecule has 1 aromatic rings. The lowest BCUT2D eigenvalue weighted by Gasteiger charge is -2.27. The van der Waals surface area contributed by atoms with Crippen molar-refractivity contribution in [3.8, 4) is 0 Å². The van der Waals surface area contributed by atoms with Gasteiger partial charge in [-0.1, -0.05) is 31.5 Å². The van der Waals surface area contributed by atoms with Crippen LogP contribution in [-0.2, 0) is 9.53 Å². The van der Waals surface area contributed by atoms with Gasteiger partial charge in [0.05, 0.1) is 13.5 Å². The van der Waals surface area contributed by atoms with Crippen molar-refractivity contribution in [1.29, 1.82) is 0 Å². The van der Waals surface area contributed by atoms with Crippen molar-refractivity contribution in [3.63, 3.8) is 0 Å². The zero-order valence-electron chi connectivity index (χ0n) is 12.3. The Bertz CT molecular complexity index is 503. The van der Waals surface area contributed by atoms with E-state index in [1.807, 2.05) is 13.8 Å². The van der Waals surface area contributed by atoms with E-state index < -0.39 is 0 Å². The molecule has 0 aromatic heterocycles. The minimum atomic E-state index is -0.360. The number of methoxy groups -OCH3 is 1. The molecule has 0 fully saturated rings. The lowest BCUT2D eigenvalue weighted by atomic mass is 9.81. The highest BCUT2D eigenvalue weighted by atomic mass is 35.5. The van der Waals surface area contributed by atoms with Crippen molar-refractivity contribution >= 4 is 17.6 Å². The third-order valence-corrected chi connectivity index (χ3v) is 3.63. The number of aryl methyl sites for hydroxylation is 1. The summed E-state index contributed by atoms with van der Waals surface area (Å²) >= 11 is 6.05. The van der Waals surface area contributed by atoms with Crippen LogP contribution in [0.5, 0.6) is 0 Å². The fraction of sp³-hybridized carbons (Fsp3) is 0.533. The topological polar surface area (TPSA) is 52.3 Å². The number of nitrogens with two attached hydrogens (primary N) is 1. The minimum Gasteiger partial charge on any atom is -0.469 e. The summed E-state index contributed by atoms with van der Waals surface area (Å²) in [6.07, 6.45) is 0.821. The highest BCUT2D eigenvalue weighted by molar-refractivity contribution is 6.31. The van der Waals surface area contributed by atoms with Crippen LogP contribution < -0.4 is 5.73 Å². The lowest BCUT2D eigenvalue weighted by molar-refractivity contribution is -0.143. The molecule has 0 saturated carbocycles. The summed E-state index contributed by atoms with van der Waals surface area (Å²) < 4.78 is 18.1. The van der Waals surface area contributed by atoms with Crippen molar-refractivity contribution in [2.75, 3.05) is 7.11 Å². The van der Waals surface area contributed by atoms with Gasteiger partial charge in [0.25, 0.3) is 0 Å². The van der Waals surface area contributed by atoms with Crippen LogP contribution in [0.3, 0.4) is 0 Å². The molecule has 0 aliphatic rings. The minimum absolute atomic E-state index is 0.273. The summed E-state index contributed by atoms with van der Waals surface area (Å²) in [5.41, 5.74) is 7.04. The van der Waals surface area contributed by atoms with Crippen LogP contribution in [0.1, 0.15) is 43.9 Å². The van der Waals surface area contributed by atoms with E-state index in [9.17, 15) is 9.18 Å². The molecule has 0 heterocycles. The molecule has 20 heavy (non-hydrogen) atoms. The monoisotopic (exact) mass is 301 g/mol. The SMILES string of the molecule is COC(=O)CC(C)(C)CC(N)c1cc(C)c(F)cc1Cl. The Morgan fingerprint density at radius 3 is 2.65 bits per heavy atom. The molecule has 0 bridgehead atoms. The van der Waals surface area contributed by atoms with Gasteiger partial charge >= 0.3 is 5.97 Å². The number of hydrogen-bond donors (Lipinski definition) is 1. The highest BCUT2D eigenvalue weighted by Gasteiger charge is 2.27. The summed E-state index contributed by atoms with van der Waals surface area (Å²) in [6.45, 7) is 5.55. The number of ether oxygens (including phenoxy) is 1. The van der Waals surface area contributed by atoms with E-state index in [-0.39, 0.29) is 29.7 Å². The molecule has 0 spiro atoms. The van der Waals surface area contributed by atoms with Gasteiger partial charge < -0.3 is 10.5 Å². The molecule has 5 heteroatoms. The predicted molar refractivity (Wildman–Crippen MR) is 78.1 cm³/mol. The van der Waals surface area contributed by atoms with Crippen molar-refractivity contribution in [1.82, 2.24) is 0 Å². The van der Waals surface area contributed by atoms with Gasteiger partial charge in [-0.05, 0) is 36.0 Å². The first-order chi connectivity index (χ1) is 9.16. The van der Waals surface area contributed by atoms with Crippen molar-refractivity contribution in [2.24, 2.45) is 11.1 Å². The molecule has 0 amide bonds. The number of esters is 1. The molecule has 112 valence electrons. The van der Waals surface area contributed by atoms with Crippen molar-refractivity contribution in [2.45, 2.75) is 39.7 Å². The molecule has 0 aliphatic heterocycles. The molecule has 2 N–H and O–H groups in total. The average Bonchev–Trinajstić information content (AvgIpc) is 2.32. The molecule has 3 nitrogen and oxygen atoms in total. The first kappa shape index (κ1) is 16.9. The Morgan fingerprint density at radius 2 is 2.10 bits per heavy atom. The fourth-order valence-electron chi connectivity index (χ4n) is 2.20. The van der Waals surface area contributed by atoms with E-state index in [0.717, 1.165) is 0 Å². The van der Waals surface area contributed by atoms with Gasteiger partial charge in [-0.25, -0.2) is 4.39 Å². The zero-order chi connectivity index (χ0) is 15.5. The molecule has 0 radical (unpaired) electrons. The average molecular weight is 302 g/mol. The molecule has 1 rings (SSSR count). The smallest absolute Gasteiger partial charge is 0.306 e. The number of benzene rings is 1. The first-order valence-electron chi connectivity index (χ1n) is 6.44.